The lowest BCUT2D eigenvalue weighted by Gasteiger charge is -2.23. The van der Waals surface area contributed by atoms with Gasteiger partial charge in [-0.3, -0.25) is 4.79 Å². The summed E-state index contributed by atoms with van der Waals surface area (Å²) in [7, 11) is 0. The van der Waals surface area contributed by atoms with E-state index in [2.05, 4.69) is 9.97 Å². The van der Waals surface area contributed by atoms with Gasteiger partial charge in [-0.15, -0.1) is 0 Å². The van der Waals surface area contributed by atoms with Crippen LogP contribution in [0.5, 0.6) is 0 Å². The number of carbonyl (C=O) groups excluding carboxylic acids is 1. The van der Waals surface area contributed by atoms with Gasteiger partial charge in [-0.1, -0.05) is 11.6 Å². The van der Waals surface area contributed by atoms with Crippen LogP contribution in [0.3, 0.4) is 0 Å². The smallest absolute Gasteiger partial charge is 0.274 e. The molecule has 1 aromatic heterocycles. The van der Waals surface area contributed by atoms with Gasteiger partial charge in [0.15, 0.2) is 0 Å². The third kappa shape index (κ3) is 3.17. The summed E-state index contributed by atoms with van der Waals surface area (Å²) >= 11 is 5.65. The molecule has 1 atom stereocenters. The van der Waals surface area contributed by atoms with Crippen LogP contribution in [0.15, 0.2) is 12.4 Å². The van der Waals surface area contributed by atoms with Crippen LogP contribution in [0.25, 0.3) is 0 Å². The molecule has 5 nitrogen and oxygen atoms in total. The van der Waals surface area contributed by atoms with E-state index < -0.39 is 0 Å². The summed E-state index contributed by atoms with van der Waals surface area (Å²) in [5.41, 5.74) is 0.333. The van der Waals surface area contributed by atoms with Crippen LogP contribution in [0.4, 0.5) is 0 Å². The molecule has 0 aliphatic carbocycles. The highest BCUT2D eigenvalue weighted by molar-refractivity contribution is 6.29. The molecule has 0 spiro atoms. The average Bonchev–Trinajstić information content (AvgIpc) is 2.89. The quantitative estimate of drug-likeness (QED) is 0.834. The summed E-state index contributed by atoms with van der Waals surface area (Å²) in [5, 5.41) is 0.291. The molecule has 0 radical (unpaired) electrons. The second kappa shape index (κ2) is 6.11. The first-order valence-electron chi connectivity index (χ1n) is 6.05. The molecule has 1 aliphatic rings. The topological polar surface area (TPSA) is 55.3 Å². The number of hydrogen-bond acceptors (Lipinski definition) is 4. The third-order valence-electron chi connectivity index (χ3n) is 3.01. The molecule has 1 aliphatic heterocycles. The highest BCUT2D eigenvalue weighted by Gasteiger charge is 2.23. The molecule has 2 rings (SSSR count). The van der Waals surface area contributed by atoms with E-state index in [9.17, 15) is 4.79 Å². The van der Waals surface area contributed by atoms with E-state index in [1.54, 1.807) is 4.90 Å². The maximum absolute atomic E-state index is 12.2. The Morgan fingerprint density at radius 1 is 1.56 bits per heavy atom. The maximum atomic E-state index is 12.2. The fraction of sp³-hybridized carbons (Fsp3) is 0.583. The summed E-state index contributed by atoms with van der Waals surface area (Å²) < 4.78 is 5.32. The van der Waals surface area contributed by atoms with E-state index in [4.69, 9.17) is 16.3 Å². The minimum Gasteiger partial charge on any atom is -0.381 e. The summed E-state index contributed by atoms with van der Waals surface area (Å²) in [6.07, 6.45) is 3.82. The second-order valence-corrected chi connectivity index (χ2v) is 4.69. The van der Waals surface area contributed by atoms with Crippen molar-refractivity contribution in [3.63, 3.8) is 0 Å². The molecular weight excluding hydrogens is 254 g/mol. The fourth-order valence-electron chi connectivity index (χ4n) is 1.98. The van der Waals surface area contributed by atoms with E-state index in [1.807, 2.05) is 6.92 Å². The van der Waals surface area contributed by atoms with Gasteiger partial charge in [-0.25, -0.2) is 9.97 Å². The van der Waals surface area contributed by atoms with Crippen molar-refractivity contribution in [2.24, 2.45) is 5.92 Å². The van der Waals surface area contributed by atoms with Crippen molar-refractivity contribution < 1.29 is 9.53 Å². The van der Waals surface area contributed by atoms with E-state index in [0.29, 0.717) is 29.9 Å². The van der Waals surface area contributed by atoms with Crippen LogP contribution in [0.1, 0.15) is 23.8 Å². The van der Waals surface area contributed by atoms with Crippen molar-refractivity contribution in [2.75, 3.05) is 26.3 Å². The van der Waals surface area contributed by atoms with E-state index >= 15 is 0 Å². The minimum absolute atomic E-state index is 0.103. The molecule has 18 heavy (non-hydrogen) atoms. The number of amides is 1. The number of rotatable bonds is 4. The molecule has 1 saturated heterocycles. The third-order valence-corrected chi connectivity index (χ3v) is 3.21. The van der Waals surface area contributed by atoms with Crippen molar-refractivity contribution in [1.82, 2.24) is 14.9 Å². The first-order valence-corrected chi connectivity index (χ1v) is 6.43. The number of nitrogens with zero attached hydrogens (tertiary/aromatic N) is 3. The Bertz CT molecular complexity index is 404. The second-order valence-electron chi connectivity index (χ2n) is 4.30. The molecule has 1 aromatic rings. The van der Waals surface area contributed by atoms with Crippen molar-refractivity contribution >= 4 is 17.5 Å². The molecule has 1 unspecified atom stereocenters. The molecule has 0 saturated carbocycles. The fourth-order valence-corrected chi connectivity index (χ4v) is 2.08. The van der Waals surface area contributed by atoms with Gasteiger partial charge in [0, 0.05) is 25.6 Å². The van der Waals surface area contributed by atoms with Crippen molar-refractivity contribution in [3.05, 3.63) is 23.2 Å². The van der Waals surface area contributed by atoms with E-state index in [1.165, 1.54) is 12.4 Å². The summed E-state index contributed by atoms with van der Waals surface area (Å²) in [6, 6.07) is 0. The highest BCUT2D eigenvalue weighted by Crippen LogP contribution is 2.15. The maximum Gasteiger partial charge on any atom is 0.274 e. The molecule has 0 bridgehead atoms. The Morgan fingerprint density at radius 3 is 2.94 bits per heavy atom. The number of halogens is 1. The lowest BCUT2D eigenvalue weighted by molar-refractivity contribution is 0.0724. The minimum atomic E-state index is -0.103. The molecule has 6 heteroatoms. The number of aromatic nitrogens is 2. The Labute approximate surface area is 111 Å². The van der Waals surface area contributed by atoms with Gasteiger partial charge in [0.05, 0.1) is 19.0 Å². The van der Waals surface area contributed by atoms with Gasteiger partial charge in [0.25, 0.3) is 5.91 Å². The Hall–Kier alpha value is -1.20. The normalized spacial score (nSPS) is 18.9. The molecule has 2 heterocycles. The van der Waals surface area contributed by atoms with Crippen molar-refractivity contribution in [2.45, 2.75) is 13.3 Å². The van der Waals surface area contributed by atoms with Gasteiger partial charge >= 0.3 is 0 Å². The molecular formula is C12H16ClN3O2. The van der Waals surface area contributed by atoms with Crippen molar-refractivity contribution in [3.8, 4) is 0 Å². The van der Waals surface area contributed by atoms with Crippen LogP contribution in [0.2, 0.25) is 5.15 Å². The standard InChI is InChI=1S/C12H16ClN3O2/c1-2-16(7-9-3-4-18-8-9)12(17)10-5-15-11(13)6-14-10/h5-6,9H,2-4,7-8H2,1H3. The molecule has 0 N–H and O–H groups in total. The first kappa shape index (κ1) is 13.2. The average molecular weight is 270 g/mol. The summed E-state index contributed by atoms with van der Waals surface area (Å²) in [4.78, 5) is 21.9. The number of ether oxygens (including phenoxy) is 1. The molecule has 1 amide bonds. The van der Waals surface area contributed by atoms with Gasteiger partial charge < -0.3 is 9.64 Å². The Morgan fingerprint density at radius 2 is 2.39 bits per heavy atom. The molecule has 98 valence electrons. The van der Waals surface area contributed by atoms with Gasteiger partial charge in [0.2, 0.25) is 0 Å². The van der Waals surface area contributed by atoms with Crippen LogP contribution in [-0.2, 0) is 4.74 Å². The zero-order chi connectivity index (χ0) is 13.0. The van der Waals surface area contributed by atoms with Gasteiger partial charge in [-0.2, -0.15) is 0 Å². The van der Waals surface area contributed by atoms with Gasteiger partial charge in [-0.05, 0) is 13.3 Å². The van der Waals surface area contributed by atoms with E-state index in [-0.39, 0.29) is 5.91 Å². The summed E-state index contributed by atoms with van der Waals surface area (Å²) in [6.45, 7) is 4.84. The number of carbonyl (C=O) groups is 1. The monoisotopic (exact) mass is 269 g/mol. The van der Waals surface area contributed by atoms with Gasteiger partial charge in [0.1, 0.15) is 10.8 Å². The van der Waals surface area contributed by atoms with Crippen LogP contribution in [0, 0.1) is 5.92 Å². The predicted molar refractivity (Wildman–Crippen MR) is 67.5 cm³/mol. The highest BCUT2D eigenvalue weighted by atomic mass is 35.5. The van der Waals surface area contributed by atoms with Crippen molar-refractivity contribution in [1.29, 1.82) is 0 Å². The molecule has 0 aromatic carbocycles. The van der Waals surface area contributed by atoms with Crippen LogP contribution in [-0.4, -0.2) is 47.1 Å². The van der Waals surface area contributed by atoms with Crippen LogP contribution < -0.4 is 0 Å². The molecule has 1 fully saturated rings. The summed E-state index contributed by atoms with van der Waals surface area (Å²) in [5.74, 6) is 0.322. The zero-order valence-corrected chi connectivity index (χ0v) is 11.1. The number of hydrogen-bond donors (Lipinski definition) is 0. The Balaban J connectivity index is 2.02. The zero-order valence-electron chi connectivity index (χ0n) is 10.3. The largest absolute Gasteiger partial charge is 0.381 e. The SMILES string of the molecule is CCN(CC1CCOC1)C(=O)c1cnc(Cl)cn1. The lowest BCUT2D eigenvalue weighted by Crippen LogP contribution is -2.36. The van der Waals surface area contributed by atoms with Crippen LogP contribution >= 0.6 is 11.6 Å². The first-order chi connectivity index (χ1) is 8.70. The lowest BCUT2D eigenvalue weighted by atomic mass is 10.1. The Kier molecular flexibility index (Phi) is 4.49. The predicted octanol–water partition coefficient (Wildman–Crippen LogP) is 1.63. The van der Waals surface area contributed by atoms with E-state index in [0.717, 1.165) is 19.6 Å².